The molecule has 0 bridgehead atoms. The lowest BCUT2D eigenvalue weighted by Gasteiger charge is -2.24. The summed E-state index contributed by atoms with van der Waals surface area (Å²) in [6.45, 7) is 3.77. The van der Waals surface area contributed by atoms with Gasteiger partial charge in [0.1, 0.15) is 11.4 Å². The molecule has 1 atom stereocenters. The molecule has 0 saturated carbocycles. The number of carbonyl (C=O) groups excluding carboxylic acids is 1. The number of carbonyl (C=O) groups is 1. The third-order valence-corrected chi connectivity index (χ3v) is 9.92. The van der Waals surface area contributed by atoms with Crippen LogP contribution in [-0.2, 0) is 46.9 Å². The van der Waals surface area contributed by atoms with E-state index in [1.54, 1.807) is 41.8 Å². The van der Waals surface area contributed by atoms with Crippen LogP contribution in [0.3, 0.4) is 0 Å². The second-order valence-corrected chi connectivity index (χ2v) is 14.4. The minimum atomic E-state index is -4.93. The van der Waals surface area contributed by atoms with Crippen LogP contribution in [0.25, 0.3) is 10.8 Å². The monoisotopic (exact) mass is 626 g/mol. The molecular formula is C26H28NO11S3+. The number of hydrogen-bond acceptors (Lipinski definition) is 8. The van der Waals surface area contributed by atoms with Crippen LogP contribution in [0.5, 0.6) is 0 Å². The molecule has 15 heteroatoms. The predicted octanol–water partition coefficient (Wildman–Crippen LogP) is 3.02. The van der Waals surface area contributed by atoms with Gasteiger partial charge in [0.25, 0.3) is 30.4 Å². The van der Waals surface area contributed by atoms with Gasteiger partial charge in [0, 0.05) is 30.4 Å². The van der Waals surface area contributed by atoms with Crippen molar-refractivity contribution in [2.24, 2.45) is 0 Å². The average Bonchev–Trinajstić information content (AvgIpc) is 3.08. The van der Waals surface area contributed by atoms with Crippen molar-refractivity contribution in [3.8, 4) is 0 Å². The van der Waals surface area contributed by atoms with Crippen molar-refractivity contribution >= 4 is 58.5 Å². The molecule has 0 spiro atoms. The van der Waals surface area contributed by atoms with Crippen LogP contribution in [0.1, 0.15) is 41.8 Å². The Balaban J connectivity index is 2.00. The molecule has 0 amide bonds. The first kappa shape index (κ1) is 30.7. The standard InChI is InChI=1S/C26H27NO11S3/c1-16-26(2,15-17-5-7-18(8-6-17)25(28)38-3)24-21-13-19(40(32,33)34)14-23(41(35,36)37)20(21)9-10-22(24)27(16)11-4-12-39(29,30)31/h5-10,13-14H,4,11-12,15H2,1-3H3,(H2-,29,30,31,32,33,34,35,36,37)/p+1. The third kappa shape index (κ3) is 6.05. The van der Waals surface area contributed by atoms with Crippen LogP contribution >= 0.6 is 0 Å². The maximum absolute atomic E-state index is 12.3. The lowest BCUT2D eigenvalue weighted by atomic mass is 9.73. The summed E-state index contributed by atoms with van der Waals surface area (Å²) in [6, 6.07) is 11.4. The van der Waals surface area contributed by atoms with Crippen LogP contribution in [0, 0.1) is 0 Å². The summed E-state index contributed by atoms with van der Waals surface area (Å²) in [5, 5.41) is 0.147. The van der Waals surface area contributed by atoms with Gasteiger partial charge in [-0.1, -0.05) is 12.1 Å². The molecule has 1 heterocycles. The minimum absolute atomic E-state index is 0.0125. The molecule has 1 aliphatic heterocycles. The van der Waals surface area contributed by atoms with Crippen molar-refractivity contribution in [1.29, 1.82) is 0 Å². The Kier molecular flexibility index (Phi) is 7.92. The Labute approximate surface area is 237 Å². The second-order valence-electron chi connectivity index (χ2n) is 10.0. The van der Waals surface area contributed by atoms with Crippen LogP contribution in [0.4, 0.5) is 5.69 Å². The maximum Gasteiger partial charge on any atom is 0.337 e. The molecule has 0 fully saturated rings. The molecule has 3 N–H and O–H groups in total. The van der Waals surface area contributed by atoms with Crippen molar-refractivity contribution in [3.63, 3.8) is 0 Å². The molecule has 12 nitrogen and oxygen atoms in total. The first-order valence-corrected chi connectivity index (χ1v) is 16.7. The first-order valence-electron chi connectivity index (χ1n) is 12.2. The first-order chi connectivity index (χ1) is 18.9. The Morgan fingerprint density at radius 3 is 2.07 bits per heavy atom. The summed E-state index contributed by atoms with van der Waals surface area (Å²) in [6.07, 6.45) is 0.317. The van der Waals surface area contributed by atoms with E-state index in [0.29, 0.717) is 28.6 Å². The quantitative estimate of drug-likeness (QED) is 0.180. The fourth-order valence-electron chi connectivity index (χ4n) is 5.38. The number of ether oxygens (including phenoxy) is 1. The molecule has 0 aromatic heterocycles. The Bertz CT molecular complexity index is 1930. The highest BCUT2D eigenvalue weighted by molar-refractivity contribution is 7.87. The van der Waals surface area contributed by atoms with Crippen LogP contribution < -0.4 is 0 Å². The molecule has 0 saturated heterocycles. The molecule has 3 aromatic rings. The Morgan fingerprint density at radius 2 is 1.54 bits per heavy atom. The average molecular weight is 627 g/mol. The SMILES string of the molecule is COC(=O)c1ccc(CC2(C)C(C)=[N+](CCCS(=O)(=O)O)c3ccc4c(S(=O)(=O)O)cc(S(=O)(=O)O)cc4c32)cc1. The number of benzene rings is 3. The zero-order chi connectivity index (χ0) is 30.5. The van der Waals surface area contributed by atoms with Gasteiger partial charge in [-0.25, -0.2) is 4.79 Å². The summed E-state index contributed by atoms with van der Waals surface area (Å²) < 4.78 is 107. The highest BCUT2D eigenvalue weighted by atomic mass is 32.2. The molecule has 1 aliphatic rings. The smallest absolute Gasteiger partial charge is 0.337 e. The van der Waals surface area contributed by atoms with Crippen molar-refractivity contribution in [2.45, 2.75) is 41.9 Å². The second kappa shape index (κ2) is 10.6. The zero-order valence-corrected chi connectivity index (χ0v) is 24.7. The lowest BCUT2D eigenvalue weighted by Crippen LogP contribution is -2.33. The summed E-state index contributed by atoms with van der Waals surface area (Å²) >= 11 is 0. The molecule has 0 radical (unpaired) electrons. The van der Waals surface area contributed by atoms with E-state index in [-0.39, 0.29) is 30.2 Å². The summed E-state index contributed by atoms with van der Waals surface area (Å²) in [5.41, 5.74) is 1.83. The van der Waals surface area contributed by atoms with Crippen molar-refractivity contribution in [2.75, 3.05) is 19.4 Å². The minimum Gasteiger partial charge on any atom is -0.465 e. The van der Waals surface area contributed by atoms with E-state index in [0.717, 1.165) is 11.6 Å². The highest BCUT2D eigenvalue weighted by Gasteiger charge is 2.48. The number of esters is 1. The van der Waals surface area contributed by atoms with E-state index in [2.05, 4.69) is 0 Å². The summed E-state index contributed by atoms with van der Waals surface area (Å²) in [7, 11) is -12.8. The fraction of sp³-hybridized carbons (Fsp3) is 0.308. The lowest BCUT2D eigenvalue weighted by molar-refractivity contribution is -0.438. The van der Waals surface area contributed by atoms with Gasteiger partial charge in [0.2, 0.25) is 5.69 Å². The van der Waals surface area contributed by atoms with E-state index in [9.17, 15) is 43.7 Å². The van der Waals surface area contributed by atoms with Gasteiger partial charge in [-0.2, -0.15) is 29.8 Å². The number of rotatable bonds is 9. The zero-order valence-electron chi connectivity index (χ0n) is 22.2. The molecule has 3 aromatic carbocycles. The predicted molar refractivity (Wildman–Crippen MR) is 149 cm³/mol. The highest BCUT2D eigenvalue weighted by Crippen LogP contribution is 2.47. The number of nitrogens with zero attached hydrogens (tertiary/aromatic N) is 1. The fourth-order valence-corrected chi connectivity index (χ4v) is 7.22. The van der Waals surface area contributed by atoms with Crippen LogP contribution in [-0.4, -0.2) is 74.6 Å². The Hall–Kier alpha value is -3.21. The van der Waals surface area contributed by atoms with Crippen molar-refractivity contribution in [1.82, 2.24) is 0 Å². The van der Waals surface area contributed by atoms with Gasteiger partial charge in [-0.15, -0.1) is 0 Å². The maximum atomic E-state index is 12.3. The summed E-state index contributed by atoms with van der Waals surface area (Å²) in [5.74, 6) is -1.03. The Morgan fingerprint density at radius 1 is 0.902 bits per heavy atom. The van der Waals surface area contributed by atoms with Gasteiger partial charge >= 0.3 is 5.97 Å². The molecule has 4 rings (SSSR count). The third-order valence-electron chi connectivity index (χ3n) is 7.39. The molecule has 41 heavy (non-hydrogen) atoms. The molecule has 1 unspecified atom stereocenters. The van der Waals surface area contributed by atoms with Gasteiger partial charge in [-0.3, -0.25) is 13.7 Å². The van der Waals surface area contributed by atoms with Gasteiger partial charge < -0.3 is 4.74 Å². The molecular weight excluding hydrogens is 598 g/mol. The van der Waals surface area contributed by atoms with Gasteiger partial charge in [0.05, 0.1) is 28.7 Å². The topological polar surface area (TPSA) is 192 Å². The van der Waals surface area contributed by atoms with E-state index < -0.39 is 57.3 Å². The largest absolute Gasteiger partial charge is 0.465 e. The number of methoxy groups -OCH3 is 1. The molecule has 0 aliphatic carbocycles. The van der Waals surface area contributed by atoms with Crippen molar-refractivity contribution < 1.29 is 53.0 Å². The van der Waals surface area contributed by atoms with Gasteiger partial charge in [0.15, 0.2) is 5.71 Å². The van der Waals surface area contributed by atoms with Crippen LogP contribution in [0.2, 0.25) is 0 Å². The van der Waals surface area contributed by atoms with Crippen molar-refractivity contribution in [3.05, 3.63) is 65.2 Å². The van der Waals surface area contributed by atoms with E-state index in [4.69, 9.17) is 4.74 Å². The van der Waals surface area contributed by atoms with E-state index in [1.165, 1.54) is 13.2 Å². The summed E-state index contributed by atoms with van der Waals surface area (Å²) in [4.78, 5) is 10.5. The van der Waals surface area contributed by atoms with Gasteiger partial charge in [-0.05, 0) is 54.6 Å². The van der Waals surface area contributed by atoms with Crippen LogP contribution in [0.15, 0.2) is 58.3 Å². The normalized spacial score (nSPS) is 17.6. The van der Waals surface area contributed by atoms with E-state index >= 15 is 0 Å². The van der Waals surface area contributed by atoms with E-state index in [1.807, 2.05) is 6.92 Å². The number of fused-ring (bicyclic) bond motifs is 3. The molecule has 220 valence electrons. The number of hydrogen-bond donors (Lipinski definition) is 3.